The summed E-state index contributed by atoms with van der Waals surface area (Å²) in [6.45, 7) is 7.58. The van der Waals surface area contributed by atoms with Crippen LogP contribution in [0.3, 0.4) is 0 Å². The van der Waals surface area contributed by atoms with Gasteiger partial charge in [0.05, 0.1) is 17.9 Å². The molecule has 2 saturated heterocycles. The van der Waals surface area contributed by atoms with E-state index in [1.165, 1.54) is 0 Å². The predicted molar refractivity (Wildman–Crippen MR) is 138 cm³/mol. The zero-order valence-corrected chi connectivity index (χ0v) is 21.9. The van der Waals surface area contributed by atoms with E-state index in [9.17, 15) is 19.5 Å². The smallest absolute Gasteiger partial charge is 0.249 e. The van der Waals surface area contributed by atoms with Crippen LogP contribution in [0.5, 0.6) is 0 Å². The fourth-order valence-corrected chi connectivity index (χ4v) is 6.37. The van der Waals surface area contributed by atoms with Gasteiger partial charge < -0.3 is 24.5 Å². The summed E-state index contributed by atoms with van der Waals surface area (Å²) >= 11 is 0. The summed E-state index contributed by atoms with van der Waals surface area (Å²) in [5, 5.41) is 9.34. The van der Waals surface area contributed by atoms with Crippen molar-refractivity contribution in [3.63, 3.8) is 0 Å². The first-order valence-electron chi connectivity index (χ1n) is 13.3. The number of hydrogen-bond acceptors (Lipinski definition) is 5. The second-order valence-electron chi connectivity index (χ2n) is 11.5. The molecule has 1 unspecified atom stereocenters. The van der Waals surface area contributed by atoms with E-state index in [0.717, 1.165) is 5.56 Å². The second-order valence-corrected chi connectivity index (χ2v) is 11.5. The predicted octanol–water partition coefficient (Wildman–Crippen LogP) is 2.14. The third-order valence-electron chi connectivity index (χ3n) is 8.08. The normalized spacial score (nSPS) is 31.4. The van der Waals surface area contributed by atoms with E-state index < -0.39 is 35.1 Å². The van der Waals surface area contributed by atoms with Crippen molar-refractivity contribution >= 4 is 17.7 Å². The van der Waals surface area contributed by atoms with Crippen molar-refractivity contribution in [3.8, 4) is 0 Å². The van der Waals surface area contributed by atoms with Gasteiger partial charge >= 0.3 is 0 Å². The van der Waals surface area contributed by atoms with E-state index in [1.807, 2.05) is 75.4 Å². The Morgan fingerprint density at radius 1 is 1.00 bits per heavy atom. The minimum atomic E-state index is -1.21. The Morgan fingerprint density at radius 3 is 2.46 bits per heavy atom. The molecular weight excluding hydrogens is 470 g/mol. The largest absolute Gasteiger partial charge is 0.396 e. The van der Waals surface area contributed by atoms with Gasteiger partial charge in [0.25, 0.3) is 0 Å². The van der Waals surface area contributed by atoms with Gasteiger partial charge in [-0.3, -0.25) is 14.4 Å². The molecular formula is C29H37N3O5. The Balaban J connectivity index is 1.54. The van der Waals surface area contributed by atoms with Crippen molar-refractivity contribution < 1.29 is 24.2 Å². The molecule has 5 atom stereocenters. The van der Waals surface area contributed by atoms with Crippen LogP contribution in [-0.2, 0) is 25.7 Å². The topological polar surface area (TPSA) is 90.4 Å². The number of aliphatic hydroxyl groups is 1. The summed E-state index contributed by atoms with van der Waals surface area (Å²) in [7, 11) is 0. The van der Waals surface area contributed by atoms with Gasteiger partial charge in [-0.1, -0.05) is 54.6 Å². The minimum absolute atomic E-state index is 0.0160. The maximum atomic E-state index is 14.1. The van der Waals surface area contributed by atoms with Crippen LogP contribution in [0.15, 0.2) is 54.6 Å². The Morgan fingerprint density at radius 2 is 1.76 bits per heavy atom. The lowest BCUT2D eigenvalue weighted by molar-refractivity contribution is -0.151. The van der Waals surface area contributed by atoms with Gasteiger partial charge in [-0.05, 0) is 39.2 Å². The fraction of sp³-hybridized carbons (Fsp3) is 0.552. The number of nitrogens with zero attached hydrogens (tertiary/aromatic N) is 3. The van der Waals surface area contributed by atoms with Gasteiger partial charge in [0.1, 0.15) is 11.6 Å². The minimum Gasteiger partial charge on any atom is -0.396 e. The van der Waals surface area contributed by atoms with E-state index in [1.54, 1.807) is 14.7 Å². The SMILES string of the molecule is CC(C)(C)N1CC=C[C@]23O[C@H]4C=CCN(Cc5ccccc5)C(=O)[C@H]4[C@H]2C(=O)N(CCCCO)C3C1=O. The quantitative estimate of drug-likeness (QED) is 0.471. The summed E-state index contributed by atoms with van der Waals surface area (Å²) in [4.78, 5) is 47.4. The monoisotopic (exact) mass is 507 g/mol. The van der Waals surface area contributed by atoms with Gasteiger partial charge in [-0.2, -0.15) is 0 Å². The third-order valence-corrected chi connectivity index (χ3v) is 8.08. The maximum Gasteiger partial charge on any atom is 0.249 e. The van der Waals surface area contributed by atoms with E-state index >= 15 is 0 Å². The number of ether oxygens (including phenoxy) is 1. The number of hydrogen-bond donors (Lipinski definition) is 1. The third kappa shape index (κ3) is 4.30. The van der Waals surface area contributed by atoms with E-state index in [2.05, 4.69) is 0 Å². The molecule has 4 aliphatic rings. The standard InChI is InChI=1S/C29H37N3O5/c1-28(2,3)32-17-10-14-29-23(26(35)31(16-7-8-18-33)24(29)27(32)36)22-21(37-29)13-9-15-30(25(22)34)19-20-11-5-4-6-12-20/h4-6,9-14,21-24,33H,7-8,15-19H2,1-3H3/t21-,22+,23-,24?,29-/m0/s1. The van der Waals surface area contributed by atoms with Crippen LogP contribution >= 0.6 is 0 Å². The van der Waals surface area contributed by atoms with Crippen LogP contribution in [0.2, 0.25) is 0 Å². The maximum absolute atomic E-state index is 14.1. The molecule has 0 saturated carbocycles. The van der Waals surface area contributed by atoms with E-state index in [4.69, 9.17) is 4.74 Å². The molecule has 5 rings (SSSR count). The van der Waals surface area contributed by atoms with Gasteiger partial charge in [-0.15, -0.1) is 0 Å². The van der Waals surface area contributed by atoms with E-state index in [0.29, 0.717) is 39.0 Å². The molecule has 4 aliphatic heterocycles. The number of aliphatic hydroxyl groups excluding tert-OH is 1. The summed E-state index contributed by atoms with van der Waals surface area (Å²) in [6.07, 6.45) is 8.14. The number of carbonyl (C=O) groups is 3. The van der Waals surface area contributed by atoms with Crippen LogP contribution in [0.25, 0.3) is 0 Å². The summed E-state index contributed by atoms with van der Waals surface area (Å²) in [6, 6.07) is 8.96. The molecule has 4 heterocycles. The van der Waals surface area contributed by atoms with Crippen LogP contribution < -0.4 is 0 Å². The highest BCUT2D eigenvalue weighted by atomic mass is 16.5. The molecule has 3 amide bonds. The highest BCUT2D eigenvalue weighted by Crippen LogP contribution is 2.53. The molecule has 198 valence electrons. The molecule has 0 bridgehead atoms. The average Bonchev–Trinajstić information content (AvgIpc) is 3.16. The van der Waals surface area contributed by atoms with Crippen molar-refractivity contribution in [2.75, 3.05) is 26.2 Å². The highest BCUT2D eigenvalue weighted by Gasteiger charge is 2.71. The first kappa shape index (κ1) is 25.7. The fourth-order valence-electron chi connectivity index (χ4n) is 6.37. The molecule has 8 nitrogen and oxygen atoms in total. The Labute approximate surface area is 218 Å². The first-order valence-corrected chi connectivity index (χ1v) is 13.3. The zero-order chi connectivity index (χ0) is 26.4. The summed E-state index contributed by atoms with van der Waals surface area (Å²) < 4.78 is 6.67. The molecule has 8 heteroatoms. The molecule has 1 spiro atoms. The molecule has 0 radical (unpaired) electrons. The van der Waals surface area contributed by atoms with Crippen molar-refractivity contribution in [2.24, 2.45) is 11.8 Å². The summed E-state index contributed by atoms with van der Waals surface area (Å²) in [5.41, 5.74) is -0.642. The molecule has 2 fully saturated rings. The van der Waals surface area contributed by atoms with Crippen molar-refractivity contribution in [1.29, 1.82) is 0 Å². The molecule has 1 aromatic rings. The van der Waals surface area contributed by atoms with Gasteiger partial charge in [0, 0.05) is 38.3 Å². The highest BCUT2D eigenvalue weighted by molar-refractivity contribution is 6.00. The average molecular weight is 508 g/mol. The summed E-state index contributed by atoms with van der Waals surface area (Å²) in [5.74, 6) is -1.99. The zero-order valence-electron chi connectivity index (χ0n) is 21.9. The Bertz CT molecular complexity index is 1110. The van der Waals surface area contributed by atoms with Crippen LogP contribution in [0, 0.1) is 11.8 Å². The van der Waals surface area contributed by atoms with Crippen molar-refractivity contribution in [3.05, 3.63) is 60.2 Å². The number of unbranched alkanes of at least 4 members (excludes halogenated alkanes) is 1. The van der Waals surface area contributed by atoms with Crippen LogP contribution in [0.1, 0.15) is 39.2 Å². The lowest BCUT2D eigenvalue weighted by Crippen LogP contribution is -2.58. The Hall–Kier alpha value is -2.97. The number of amides is 3. The van der Waals surface area contributed by atoms with Crippen molar-refractivity contribution in [2.45, 2.75) is 63.4 Å². The van der Waals surface area contributed by atoms with Gasteiger partial charge in [-0.25, -0.2) is 0 Å². The number of carbonyl (C=O) groups excluding carboxylic acids is 3. The molecule has 1 aromatic carbocycles. The number of likely N-dealkylation sites (tertiary alicyclic amines) is 1. The van der Waals surface area contributed by atoms with Gasteiger partial charge in [0.15, 0.2) is 0 Å². The Kier molecular flexibility index (Phi) is 6.75. The number of benzene rings is 1. The number of fused-ring (bicyclic) bond motifs is 2. The molecule has 0 aromatic heterocycles. The molecule has 1 N–H and O–H groups in total. The second kappa shape index (κ2) is 9.72. The number of rotatable bonds is 6. The molecule has 0 aliphatic carbocycles. The van der Waals surface area contributed by atoms with E-state index in [-0.39, 0.29) is 24.3 Å². The van der Waals surface area contributed by atoms with Crippen molar-refractivity contribution in [1.82, 2.24) is 14.7 Å². The van der Waals surface area contributed by atoms with Crippen LogP contribution in [-0.4, -0.2) is 87.1 Å². The van der Waals surface area contributed by atoms with Crippen LogP contribution in [0.4, 0.5) is 0 Å². The lowest BCUT2D eigenvalue weighted by atomic mass is 9.77. The lowest BCUT2D eigenvalue weighted by Gasteiger charge is -2.40. The molecule has 37 heavy (non-hydrogen) atoms. The first-order chi connectivity index (χ1) is 17.7. The van der Waals surface area contributed by atoms with Gasteiger partial charge in [0.2, 0.25) is 17.7 Å².